The first-order valence-electron chi connectivity index (χ1n) is 6.15. The minimum Gasteiger partial charge on any atom is -0.481 e. The molecule has 2 fully saturated rings. The number of nitrogens with one attached hydrogen (secondary N) is 1. The summed E-state index contributed by atoms with van der Waals surface area (Å²) in [7, 11) is 0. The lowest BCUT2D eigenvalue weighted by Crippen LogP contribution is -2.49. The van der Waals surface area contributed by atoms with E-state index < -0.39 is 5.97 Å². The van der Waals surface area contributed by atoms with Crippen LogP contribution in [0, 0.1) is 0 Å². The Hall–Kier alpha value is -1.30. The Balaban J connectivity index is 1.84. The predicted molar refractivity (Wildman–Crippen MR) is 61.8 cm³/mol. The Kier molecular flexibility index (Phi) is 3.83. The van der Waals surface area contributed by atoms with Gasteiger partial charge in [-0.25, -0.2) is 4.79 Å². The van der Waals surface area contributed by atoms with Crippen molar-refractivity contribution >= 4 is 12.0 Å². The van der Waals surface area contributed by atoms with Crippen LogP contribution in [0.15, 0.2) is 0 Å². The summed E-state index contributed by atoms with van der Waals surface area (Å²) >= 11 is 0. The van der Waals surface area contributed by atoms with E-state index in [2.05, 4.69) is 10.2 Å². The van der Waals surface area contributed by atoms with E-state index in [1.807, 2.05) is 4.90 Å². The van der Waals surface area contributed by atoms with E-state index in [4.69, 9.17) is 5.11 Å². The lowest BCUT2D eigenvalue weighted by atomic mass is 10.0. The van der Waals surface area contributed by atoms with E-state index in [1.165, 1.54) is 0 Å². The van der Waals surface area contributed by atoms with Crippen LogP contribution < -0.4 is 5.32 Å². The Labute approximate surface area is 101 Å². The standard InChI is InChI=1S/C11H19N3O3/c15-10(16)3-6-13-5-1-2-9(8-13)14-7-4-12-11(14)17/h9H,1-8H2,(H,12,17)(H,15,16). The van der Waals surface area contributed by atoms with E-state index in [0.29, 0.717) is 6.54 Å². The molecule has 96 valence electrons. The maximum atomic E-state index is 11.5. The number of aliphatic carboxylic acids is 1. The molecule has 2 aliphatic rings. The maximum Gasteiger partial charge on any atom is 0.317 e. The number of carboxylic acids is 1. The maximum absolute atomic E-state index is 11.5. The number of piperidine rings is 1. The largest absolute Gasteiger partial charge is 0.481 e. The lowest BCUT2D eigenvalue weighted by Gasteiger charge is -2.36. The van der Waals surface area contributed by atoms with Crippen molar-refractivity contribution in [1.82, 2.24) is 15.1 Å². The van der Waals surface area contributed by atoms with Gasteiger partial charge in [0.15, 0.2) is 0 Å². The molecule has 2 heterocycles. The van der Waals surface area contributed by atoms with E-state index in [1.54, 1.807) is 0 Å². The van der Waals surface area contributed by atoms with Gasteiger partial charge in [-0.2, -0.15) is 0 Å². The Morgan fingerprint density at radius 1 is 1.47 bits per heavy atom. The topological polar surface area (TPSA) is 72.9 Å². The molecule has 6 heteroatoms. The Morgan fingerprint density at radius 3 is 2.94 bits per heavy atom. The molecule has 0 aromatic heterocycles. The van der Waals surface area contributed by atoms with Crippen LogP contribution in [0.1, 0.15) is 19.3 Å². The molecular weight excluding hydrogens is 222 g/mol. The van der Waals surface area contributed by atoms with Crippen LogP contribution in [0.3, 0.4) is 0 Å². The molecule has 2 amide bonds. The van der Waals surface area contributed by atoms with Crippen molar-refractivity contribution in [1.29, 1.82) is 0 Å². The second-order valence-electron chi connectivity index (χ2n) is 4.67. The highest BCUT2D eigenvalue weighted by Gasteiger charge is 2.31. The average molecular weight is 241 g/mol. The molecule has 0 bridgehead atoms. The smallest absolute Gasteiger partial charge is 0.317 e. The molecule has 2 aliphatic heterocycles. The van der Waals surface area contributed by atoms with Crippen molar-refractivity contribution in [3.05, 3.63) is 0 Å². The summed E-state index contributed by atoms with van der Waals surface area (Å²) in [6, 6.07) is 0.273. The van der Waals surface area contributed by atoms with Crippen molar-refractivity contribution in [2.75, 3.05) is 32.7 Å². The number of rotatable bonds is 4. The number of likely N-dealkylation sites (tertiary alicyclic amines) is 1. The first-order chi connectivity index (χ1) is 8.16. The number of hydrogen-bond donors (Lipinski definition) is 2. The molecule has 0 aromatic carbocycles. The number of carboxylic acid groups (broad SMARTS) is 1. The van der Waals surface area contributed by atoms with Crippen LogP contribution in [-0.4, -0.2) is 65.7 Å². The quantitative estimate of drug-likeness (QED) is 0.724. The first kappa shape index (κ1) is 12.2. The molecule has 0 spiro atoms. The van der Waals surface area contributed by atoms with Gasteiger partial charge in [0.1, 0.15) is 0 Å². The summed E-state index contributed by atoms with van der Waals surface area (Å²) in [6.07, 6.45) is 2.24. The minimum atomic E-state index is -0.758. The van der Waals surface area contributed by atoms with Crippen LogP contribution >= 0.6 is 0 Å². The number of nitrogens with zero attached hydrogens (tertiary/aromatic N) is 2. The number of hydrogen-bond acceptors (Lipinski definition) is 3. The monoisotopic (exact) mass is 241 g/mol. The van der Waals surface area contributed by atoms with Crippen LogP contribution in [0.25, 0.3) is 0 Å². The minimum absolute atomic E-state index is 0.0232. The van der Waals surface area contributed by atoms with Crippen LogP contribution in [0.4, 0.5) is 4.79 Å². The summed E-state index contributed by atoms with van der Waals surface area (Å²) in [5.74, 6) is -0.758. The van der Waals surface area contributed by atoms with Crippen molar-refractivity contribution in [2.45, 2.75) is 25.3 Å². The molecule has 17 heavy (non-hydrogen) atoms. The van der Waals surface area contributed by atoms with Gasteiger partial charge in [-0.1, -0.05) is 0 Å². The van der Waals surface area contributed by atoms with E-state index >= 15 is 0 Å². The van der Waals surface area contributed by atoms with Gasteiger partial charge >= 0.3 is 12.0 Å². The number of amides is 2. The van der Waals surface area contributed by atoms with Gasteiger partial charge in [0.2, 0.25) is 0 Å². The Morgan fingerprint density at radius 2 is 2.29 bits per heavy atom. The SMILES string of the molecule is O=C(O)CCN1CCCC(N2CCNC2=O)C1. The zero-order valence-corrected chi connectivity index (χ0v) is 9.89. The molecule has 0 saturated carbocycles. The fraction of sp³-hybridized carbons (Fsp3) is 0.818. The normalized spacial score (nSPS) is 26.0. The molecule has 0 aromatic rings. The van der Waals surface area contributed by atoms with Gasteiger partial charge < -0.3 is 20.2 Å². The van der Waals surface area contributed by atoms with Gasteiger partial charge in [-0.05, 0) is 19.4 Å². The first-order valence-corrected chi connectivity index (χ1v) is 6.15. The van der Waals surface area contributed by atoms with Gasteiger partial charge in [0, 0.05) is 32.2 Å². The predicted octanol–water partition coefficient (Wildman–Crippen LogP) is -0.0493. The van der Waals surface area contributed by atoms with Crippen molar-refractivity contribution in [3.63, 3.8) is 0 Å². The van der Waals surface area contributed by atoms with E-state index in [-0.39, 0.29) is 18.5 Å². The van der Waals surface area contributed by atoms with Gasteiger partial charge in [-0.15, -0.1) is 0 Å². The molecule has 1 unspecified atom stereocenters. The molecule has 6 nitrogen and oxygen atoms in total. The van der Waals surface area contributed by atoms with E-state index in [9.17, 15) is 9.59 Å². The van der Waals surface area contributed by atoms with Crippen LogP contribution in [0.5, 0.6) is 0 Å². The van der Waals surface area contributed by atoms with Gasteiger partial charge in [0.25, 0.3) is 0 Å². The highest BCUT2D eigenvalue weighted by Crippen LogP contribution is 2.17. The summed E-state index contributed by atoms with van der Waals surface area (Å²) in [4.78, 5) is 26.1. The summed E-state index contributed by atoms with van der Waals surface area (Å²) in [5, 5.41) is 11.5. The number of urea groups is 1. The average Bonchev–Trinajstić information content (AvgIpc) is 2.73. The summed E-state index contributed by atoms with van der Waals surface area (Å²) in [5.41, 5.74) is 0. The second kappa shape index (κ2) is 5.35. The summed E-state index contributed by atoms with van der Waals surface area (Å²) < 4.78 is 0. The number of carbonyl (C=O) groups excluding carboxylic acids is 1. The zero-order chi connectivity index (χ0) is 12.3. The third kappa shape index (κ3) is 3.09. The number of carbonyl (C=O) groups is 2. The molecule has 1 atom stereocenters. The fourth-order valence-corrected chi connectivity index (χ4v) is 2.58. The Bertz CT molecular complexity index is 308. The van der Waals surface area contributed by atoms with Crippen molar-refractivity contribution < 1.29 is 14.7 Å². The lowest BCUT2D eigenvalue weighted by molar-refractivity contribution is -0.137. The third-order valence-corrected chi connectivity index (χ3v) is 3.45. The highest BCUT2D eigenvalue weighted by atomic mass is 16.4. The van der Waals surface area contributed by atoms with Crippen molar-refractivity contribution in [3.8, 4) is 0 Å². The molecule has 2 rings (SSSR count). The van der Waals surface area contributed by atoms with Crippen molar-refractivity contribution in [2.24, 2.45) is 0 Å². The fourth-order valence-electron chi connectivity index (χ4n) is 2.58. The molecular formula is C11H19N3O3. The van der Waals surface area contributed by atoms with Crippen LogP contribution in [-0.2, 0) is 4.79 Å². The van der Waals surface area contributed by atoms with Crippen LogP contribution in [0.2, 0.25) is 0 Å². The molecule has 2 N–H and O–H groups in total. The van der Waals surface area contributed by atoms with E-state index in [0.717, 1.165) is 39.0 Å². The molecule has 0 aliphatic carbocycles. The van der Waals surface area contributed by atoms with Gasteiger partial charge in [0.05, 0.1) is 6.42 Å². The highest BCUT2D eigenvalue weighted by molar-refractivity contribution is 5.76. The molecule has 2 saturated heterocycles. The van der Waals surface area contributed by atoms with Gasteiger partial charge in [-0.3, -0.25) is 4.79 Å². The third-order valence-electron chi connectivity index (χ3n) is 3.45. The molecule has 0 radical (unpaired) electrons. The summed E-state index contributed by atoms with van der Waals surface area (Å²) in [6.45, 7) is 3.84. The zero-order valence-electron chi connectivity index (χ0n) is 9.89. The second-order valence-corrected chi connectivity index (χ2v) is 4.67.